The molecule has 1 unspecified atom stereocenters. The van der Waals surface area contributed by atoms with Gasteiger partial charge in [0.05, 0.1) is 24.0 Å². The molecule has 3 saturated heterocycles. The van der Waals surface area contributed by atoms with E-state index in [1.54, 1.807) is 4.90 Å². The quantitative estimate of drug-likeness (QED) is 0.814. The van der Waals surface area contributed by atoms with Crippen molar-refractivity contribution in [2.24, 2.45) is 16.7 Å². The van der Waals surface area contributed by atoms with Crippen molar-refractivity contribution in [3.8, 4) is 0 Å². The van der Waals surface area contributed by atoms with Gasteiger partial charge in [-0.25, -0.2) is 0 Å². The zero-order valence-electron chi connectivity index (χ0n) is 12.5. The fraction of sp³-hybridized carbons (Fsp3) is 0.867. The van der Waals surface area contributed by atoms with E-state index in [-0.39, 0.29) is 11.8 Å². The van der Waals surface area contributed by atoms with Crippen molar-refractivity contribution in [2.75, 3.05) is 39.5 Å². The van der Waals surface area contributed by atoms with Gasteiger partial charge in [-0.15, -0.1) is 0 Å². The number of carbonyl (C=O) groups excluding carboxylic acids is 1. The van der Waals surface area contributed by atoms with Gasteiger partial charge in [-0.1, -0.05) is 0 Å². The maximum Gasteiger partial charge on any atom is 0.311 e. The van der Waals surface area contributed by atoms with Gasteiger partial charge in [0.25, 0.3) is 0 Å². The minimum atomic E-state index is -0.820. The molecule has 0 saturated carbocycles. The van der Waals surface area contributed by atoms with Gasteiger partial charge in [-0.3, -0.25) is 9.59 Å². The van der Waals surface area contributed by atoms with Crippen LogP contribution in [0, 0.1) is 16.7 Å². The third-order valence-corrected chi connectivity index (χ3v) is 5.37. The van der Waals surface area contributed by atoms with Gasteiger partial charge < -0.3 is 19.5 Å². The average molecular weight is 297 g/mol. The summed E-state index contributed by atoms with van der Waals surface area (Å²) in [5, 5.41) is 9.66. The lowest BCUT2D eigenvalue weighted by molar-refractivity contribution is -0.158. The second-order valence-corrected chi connectivity index (χ2v) is 6.89. The summed E-state index contributed by atoms with van der Waals surface area (Å²) in [7, 11) is 0. The highest BCUT2D eigenvalue weighted by molar-refractivity contribution is 5.85. The van der Waals surface area contributed by atoms with E-state index in [1.807, 2.05) is 6.92 Å². The molecule has 0 radical (unpaired) electrons. The molecule has 0 aliphatic carbocycles. The number of carboxylic acid groups (broad SMARTS) is 1. The fourth-order valence-electron chi connectivity index (χ4n) is 3.94. The molecule has 118 valence electrons. The molecule has 3 aliphatic heterocycles. The fourth-order valence-corrected chi connectivity index (χ4v) is 3.94. The Morgan fingerprint density at radius 1 is 1.24 bits per heavy atom. The molecule has 0 bridgehead atoms. The van der Waals surface area contributed by atoms with Gasteiger partial charge in [-0.2, -0.15) is 0 Å². The molecule has 3 atom stereocenters. The Morgan fingerprint density at radius 2 is 2.05 bits per heavy atom. The summed E-state index contributed by atoms with van der Waals surface area (Å²) in [5.74, 6) is -0.853. The van der Waals surface area contributed by atoms with E-state index >= 15 is 0 Å². The Kier molecular flexibility index (Phi) is 3.69. The van der Waals surface area contributed by atoms with Crippen LogP contribution in [0.4, 0.5) is 0 Å². The number of rotatable bonds is 2. The summed E-state index contributed by atoms with van der Waals surface area (Å²) in [4.78, 5) is 26.3. The topological polar surface area (TPSA) is 76.1 Å². The van der Waals surface area contributed by atoms with Gasteiger partial charge in [0.1, 0.15) is 0 Å². The van der Waals surface area contributed by atoms with E-state index in [2.05, 4.69) is 0 Å². The summed E-state index contributed by atoms with van der Waals surface area (Å²) in [6.45, 7) is 4.77. The first-order valence-electron chi connectivity index (χ1n) is 7.66. The summed E-state index contributed by atoms with van der Waals surface area (Å²) in [5.41, 5.74) is -1.33. The Hall–Kier alpha value is -1.14. The number of nitrogens with zero attached hydrogens (tertiary/aromatic N) is 1. The first-order valence-corrected chi connectivity index (χ1v) is 7.66. The molecule has 1 amide bonds. The number of ether oxygens (including phenoxy) is 2. The molecule has 1 N–H and O–H groups in total. The number of carboxylic acids is 1. The third-order valence-electron chi connectivity index (χ3n) is 5.37. The SMILES string of the molecule is CC1(C(=O)N2C[C@H]3COCC[C@@]3(C(=O)O)C2)CCCOC1. The van der Waals surface area contributed by atoms with Crippen LogP contribution in [0.1, 0.15) is 26.2 Å². The van der Waals surface area contributed by atoms with Crippen LogP contribution in [0.2, 0.25) is 0 Å². The summed E-state index contributed by atoms with van der Waals surface area (Å²) in [6.07, 6.45) is 2.18. The third kappa shape index (κ3) is 2.34. The molecule has 0 aromatic heterocycles. The number of fused-ring (bicyclic) bond motifs is 1. The normalized spacial score (nSPS) is 39.9. The van der Waals surface area contributed by atoms with Crippen LogP contribution in [0.15, 0.2) is 0 Å². The largest absolute Gasteiger partial charge is 0.481 e. The lowest BCUT2D eigenvalue weighted by Gasteiger charge is -2.36. The summed E-state index contributed by atoms with van der Waals surface area (Å²) in [6, 6.07) is 0. The van der Waals surface area contributed by atoms with E-state index in [4.69, 9.17) is 9.47 Å². The number of carbonyl (C=O) groups is 2. The van der Waals surface area contributed by atoms with Crippen LogP contribution in [0.5, 0.6) is 0 Å². The van der Waals surface area contributed by atoms with Gasteiger partial charge in [0, 0.05) is 32.2 Å². The Labute approximate surface area is 124 Å². The predicted octanol–water partition coefficient (Wildman–Crippen LogP) is 0.753. The molecular formula is C15H23NO5. The van der Waals surface area contributed by atoms with Crippen LogP contribution >= 0.6 is 0 Å². The van der Waals surface area contributed by atoms with E-state index < -0.39 is 16.8 Å². The Morgan fingerprint density at radius 3 is 2.67 bits per heavy atom. The van der Waals surface area contributed by atoms with E-state index in [9.17, 15) is 14.7 Å². The highest BCUT2D eigenvalue weighted by Crippen LogP contribution is 2.44. The molecule has 3 heterocycles. The van der Waals surface area contributed by atoms with Crippen LogP contribution < -0.4 is 0 Å². The summed E-state index contributed by atoms with van der Waals surface area (Å²) >= 11 is 0. The highest BCUT2D eigenvalue weighted by atomic mass is 16.5. The molecule has 6 nitrogen and oxygen atoms in total. The van der Waals surface area contributed by atoms with Gasteiger partial charge in [0.15, 0.2) is 0 Å². The lowest BCUT2D eigenvalue weighted by Crippen LogP contribution is -2.47. The first-order chi connectivity index (χ1) is 9.98. The molecule has 3 rings (SSSR count). The van der Waals surface area contributed by atoms with Gasteiger partial charge in [-0.05, 0) is 26.2 Å². The van der Waals surface area contributed by atoms with Crippen molar-refractivity contribution in [3.63, 3.8) is 0 Å². The second kappa shape index (κ2) is 5.25. The number of hydrogen-bond donors (Lipinski definition) is 1. The van der Waals surface area contributed by atoms with Crippen LogP contribution in [0.25, 0.3) is 0 Å². The zero-order chi connectivity index (χ0) is 15.1. The molecule has 6 heteroatoms. The molecule has 3 aliphatic rings. The van der Waals surface area contributed by atoms with Crippen molar-refractivity contribution in [2.45, 2.75) is 26.2 Å². The highest BCUT2D eigenvalue weighted by Gasteiger charge is 2.56. The maximum atomic E-state index is 12.8. The van der Waals surface area contributed by atoms with Crippen molar-refractivity contribution >= 4 is 11.9 Å². The maximum absolute atomic E-state index is 12.8. The monoisotopic (exact) mass is 297 g/mol. The van der Waals surface area contributed by atoms with Crippen molar-refractivity contribution in [3.05, 3.63) is 0 Å². The summed E-state index contributed by atoms with van der Waals surface area (Å²) < 4.78 is 10.9. The number of amides is 1. The molecular weight excluding hydrogens is 274 g/mol. The van der Waals surface area contributed by atoms with Gasteiger partial charge in [0.2, 0.25) is 5.91 Å². The Bertz CT molecular complexity index is 445. The van der Waals surface area contributed by atoms with Crippen LogP contribution in [-0.2, 0) is 19.1 Å². The van der Waals surface area contributed by atoms with Crippen molar-refractivity contribution in [1.82, 2.24) is 4.90 Å². The minimum absolute atomic E-state index is 0.0391. The Balaban J connectivity index is 1.78. The minimum Gasteiger partial charge on any atom is -0.481 e. The average Bonchev–Trinajstić information content (AvgIpc) is 2.88. The molecule has 3 fully saturated rings. The smallest absolute Gasteiger partial charge is 0.311 e. The van der Waals surface area contributed by atoms with E-state index in [0.717, 1.165) is 12.8 Å². The molecule has 0 spiro atoms. The van der Waals surface area contributed by atoms with E-state index in [1.165, 1.54) is 0 Å². The van der Waals surface area contributed by atoms with Gasteiger partial charge >= 0.3 is 5.97 Å². The van der Waals surface area contributed by atoms with Crippen LogP contribution in [0.3, 0.4) is 0 Å². The number of likely N-dealkylation sites (tertiary alicyclic amines) is 1. The standard InChI is InChI=1S/C15H23NO5/c1-14(3-2-5-21-10-14)12(17)16-7-11-8-20-6-4-15(11,9-16)13(18)19/h11H,2-10H2,1H3,(H,18,19)/t11-,14?,15+/m0/s1. The second-order valence-electron chi connectivity index (χ2n) is 6.89. The molecule has 0 aromatic rings. The first kappa shape index (κ1) is 14.8. The zero-order valence-corrected chi connectivity index (χ0v) is 12.5. The number of hydrogen-bond acceptors (Lipinski definition) is 4. The predicted molar refractivity (Wildman–Crippen MR) is 73.7 cm³/mol. The van der Waals surface area contributed by atoms with Crippen molar-refractivity contribution in [1.29, 1.82) is 0 Å². The van der Waals surface area contributed by atoms with Crippen molar-refractivity contribution < 1.29 is 24.2 Å². The molecule has 0 aromatic carbocycles. The van der Waals surface area contributed by atoms with Crippen LogP contribution in [-0.4, -0.2) is 61.4 Å². The molecule has 21 heavy (non-hydrogen) atoms. The number of aliphatic carboxylic acids is 1. The van der Waals surface area contributed by atoms with E-state index in [0.29, 0.717) is 45.9 Å². The lowest BCUT2D eigenvalue weighted by atomic mass is 9.74.